The zero-order chi connectivity index (χ0) is 26.6. The van der Waals surface area contributed by atoms with E-state index in [2.05, 4.69) is 11.1 Å². The fourth-order valence-corrected chi connectivity index (χ4v) is 5.71. The Morgan fingerprint density at radius 2 is 1.86 bits per heavy atom. The monoisotopic (exact) mass is 510 g/mol. The van der Waals surface area contributed by atoms with Crippen LogP contribution in [0.25, 0.3) is 10.9 Å². The number of pyridine rings is 1. The van der Waals surface area contributed by atoms with Crippen molar-refractivity contribution < 1.29 is 9.59 Å². The maximum Gasteiger partial charge on any atom is 0.162 e. The minimum atomic E-state index is -0.721. The van der Waals surface area contributed by atoms with Crippen molar-refractivity contribution in [3.63, 3.8) is 0 Å². The lowest BCUT2D eigenvalue weighted by Crippen LogP contribution is -2.42. The smallest absolute Gasteiger partial charge is 0.162 e. The van der Waals surface area contributed by atoms with Crippen LogP contribution in [-0.4, -0.2) is 16.6 Å². The van der Waals surface area contributed by atoms with Crippen LogP contribution in [0.4, 0.5) is 5.69 Å². The molecule has 1 aliphatic carbocycles. The summed E-state index contributed by atoms with van der Waals surface area (Å²) >= 11 is 6.72. The van der Waals surface area contributed by atoms with Crippen molar-refractivity contribution >= 4 is 39.8 Å². The molecular formula is C30H27ClN4O2. The van der Waals surface area contributed by atoms with E-state index in [4.69, 9.17) is 17.3 Å². The van der Waals surface area contributed by atoms with E-state index in [0.29, 0.717) is 35.2 Å². The Morgan fingerprint density at radius 3 is 2.51 bits per heavy atom. The third kappa shape index (κ3) is 4.20. The van der Waals surface area contributed by atoms with Gasteiger partial charge in [0.15, 0.2) is 11.6 Å². The van der Waals surface area contributed by atoms with E-state index in [0.717, 1.165) is 22.2 Å². The molecule has 0 bridgehead atoms. The van der Waals surface area contributed by atoms with E-state index in [-0.39, 0.29) is 33.5 Å². The van der Waals surface area contributed by atoms with E-state index >= 15 is 0 Å². The van der Waals surface area contributed by atoms with Crippen LogP contribution in [0.3, 0.4) is 0 Å². The van der Waals surface area contributed by atoms with Crippen LogP contribution in [0.5, 0.6) is 0 Å². The summed E-state index contributed by atoms with van der Waals surface area (Å²) in [5.74, 6) is -0.565. The molecule has 186 valence electrons. The summed E-state index contributed by atoms with van der Waals surface area (Å²) in [6, 6.07) is 17.1. The van der Waals surface area contributed by atoms with Crippen molar-refractivity contribution in [1.82, 2.24) is 4.98 Å². The number of hydrogen-bond acceptors (Lipinski definition) is 6. The van der Waals surface area contributed by atoms with E-state index in [1.165, 1.54) is 6.92 Å². The van der Waals surface area contributed by atoms with Gasteiger partial charge in [-0.2, -0.15) is 5.26 Å². The van der Waals surface area contributed by atoms with Crippen LogP contribution in [0.15, 0.2) is 71.2 Å². The minimum absolute atomic E-state index is 0.0396. The molecule has 37 heavy (non-hydrogen) atoms. The fourth-order valence-electron chi connectivity index (χ4n) is 5.45. The van der Waals surface area contributed by atoms with Gasteiger partial charge in [-0.05, 0) is 68.1 Å². The summed E-state index contributed by atoms with van der Waals surface area (Å²) in [6.07, 6.45) is 0.923. The zero-order valence-corrected chi connectivity index (χ0v) is 22.0. The number of benzene rings is 2. The number of aromatic nitrogens is 1. The SMILES string of the molecule is CC(=O)c1ccc(N2C(N)=C(C#N)C(c3cc4cc(C)ccc4nc3Cl)C3=C2CC(C)(C)CC3=O)cc1. The van der Waals surface area contributed by atoms with E-state index in [9.17, 15) is 14.9 Å². The van der Waals surface area contributed by atoms with Gasteiger partial charge in [0.2, 0.25) is 0 Å². The van der Waals surface area contributed by atoms with Gasteiger partial charge >= 0.3 is 0 Å². The molecule has 0 saturated carbocycles. The second kappa shape index (κ2) is 8.86. The number of nitriles is 1. The highest BCUT2D eigenvalue weighted by Crippen LogP contribution is 2.51. The Hall–Kier alpha value is -3.95. The Kier molecular flexibility index (Phi) is 5.92. The van der Waals surface area contributed by atoms with Gasteiger partial charge in [0.05, 0.1) is 23.1 Å². The number of Topliss-reactive ketones (excluding diaryl/α,β-unsaturated/α-hetero) is 2. The summed E-state index contributed by atoms with van der Waals surface area (Å²) < 4.78 is 0. The highest BCUT2D eigenvalue weighted by Gasteiger charge is 2.45. The summed E-state index contributed by atoms with van der Waals surface area (Å²) in [5.41, 5.74) is 11.6. The van der Waals surface area contributed by atoms with Crippen molar-refractivity contribution in [1.29, 1.82) is 5.26 Å². The molecule has 0 spiro atoms. The van der Waals surface area contributed by atoms with Crippen molar-refractivity contribution in [2.24, 2.45) is 11.1 Å². The predicted molar refractivity (Wildman–Crippen MR) is 145 cm³/mol. The van der Waals surface area contributed by atoms with Crippen LogP contribution in [0, 0.1) is 23.7 Å². The molecule has 5 rings (SSSR count). The molecule has 0 saturated heterocycles. The molecule has 7 heteroatoms. The molecule has 6 nitrogen and oxygen atoms in total. The summed E-state index contributed by atoms with van der Waals surface area (Å²) in [7, 11) is 0. The number of carbonyl (C=O) groups is 2. The Labute approximate surface area is 221 Å². The normalized spacial score (nSPS) is 19.2. The molecule has 1 atom stereocenters. The van der Waals surface area contributed by atoms with Crippen LogP contribution < -0.4 is 10.6 Å². The lowest BCUT2D eigenvalue weighted by molar-refractivity contribution is -0.118. The van der Waals surface area contributed by atoms with E-state index in [1.54, 1.807) is 29.2 Å². The summed E-state index contributed by atoms with van der Waals surface area (Å²) in [5, 5.41) is 11.5. The maximum absolute atomic E-state index is 13.8. The molecule has 3 aromatic rings. The van der Waals surface area contributed by atoms with Gasteiger partial charge in [0.1, 0.15) is 11.0 Å². The second-order valence-corrected chi connectivity index (χ2v) is 11.0. The van der Waals surface area contributed by atoms with Crippen LogP contribution in [-0.2, 0) is 4.79 Å². The second-order valence-electron chi connectivity index (χ2n) is 10.6. The zero-order valence-electron chi connectivity index (χ0n) is 21.2. The Balaban J connectivity index is 1.78. The molecule has 1 aromatic heterocycles. The molecule has 2 N–H and O–H groups in total. The van der Waals surface area contributed by atoms with Gasteiger partial charge in [0, 0.05) is 39.9 Å². The first-order valence-electron chi connectivity index (χ1n) is 12.1. The first kappa shape index (κ1) is 24.7. The third-order valence-electron chi connectivity index (χ3n) is 7.17. The van der Waals surface area contributed by atoms with Gasteiger partial charge < -0.3 is 5.73 Å². The molecule has 2 heterocycles. The topological polar surface area (TPSA) is 100 Å². The fraction of sp³-hybridized carbons (Fsp3) is 0.267. The number of carbonyl (C=O) groups excluding carboxylic acids is 2. The molecule has 2 aromatic carbocycles. The Morgan fingerprint density at radius 1 is 1.16 bits per heavy atom. The van der Waals surface area contributed by atoms with Crippen molar-refractivity contribution in [3.8, 4) is 6.07 Å². The predicted octanol–water partition coefficient (Wildman–Crippen LogP) is 6.34. The van der Waals surface area contributed by atoms with Crippen molar-refractivity contribution in [3.05, 3.63) is 93.0 Å². The quantitative estimate of drug-likeness (QED) is 0.326. The number of nitrogens with two attached hydrogens (primary N) is 1. The minimum Gasteiger partial charge on any atom is -0.384 e. The molecule has 0 radical (unpaired) electrons. The summed E-state index contributed by atoms with van der Waals surface area (Å²) in [6.45, 7) is 7.60. The molecule has 2 aliphatic rings. The van der Waals surface area contributed by atoms with Gasteiger partial charge in [0.25, 0.3) is 0 Å². The third-order valence-corrected chi connectivity index (χ3v) is 7.48. The van der Waals surface area contributed by atoms with Gasteiger partial charge in [-0.1, -0.05) is 37.1 Å². The number of allylic oxidation sites excluding steroid dienone is 3. The number of aryl methyl sites for hydroxylation is 1. The largest absolute Gasteiger partial charge is 0.384 e. The number of rotatable bonds is 3. The van der Waals surface area contributed by atoms with Gasteiger partial charge in [-0.25, -0.2) is 4.98 Å². The first-order chi connectivity index (χ1) is 17.5. The standard InChI is InChI=1S/C30H27ClN4O2/c1-16-5-10-23-19(11-16)12-21(28(31)34-23)26-22(15-32)29(33)35(20-8-6-18(7-9-20)17(2)36)24-13-30(3,4)14-25(37)27(24)26/h5-12,26H,13-14,33H2,1-4H3. The molecule has 1 aliphatic heterocycles. The average Bonchev–Trinajstić information content (AvgIpc) is 2.82. The van der Waals surface area contributed by atoms with E-state index in [1.807, 2.05) is 45.0 Å². The molecule has 0 fully saturated rings. The lowest BCUT2D eigenvalue weighted by Gasteiger charge is -2.43. The number of nitrogens with zero attached hydrogens (tertiary/aromatic N) is 3. The number of ketones is 2. The van der Waals surface area contributed by atoms with Crippen molar-refractivity contribution in [2.45, 2.75) is 46.5 Å². The van der Waals surface area contributed by atoms with Gasteiger partial charge in [-0.3, -0.25) is 14.5 Å². The molecule has 0 amide bonds. The van der Waals surface area contributed by atoms with E-state index < -0.39 is 5.92 Å². The highest BCUT2D eigenvalue weighted by molar-refractivity contribution is 6.31. The molecular weight excluding hydrogens is 484 g/mol. The summed E-state index contributed by atoms with van der Waals surface area (Å²) in [4.78, 5) is 32.0. The number of halogens is 1. The first-order valence-corrected chi connectivity index (χ1v) is 12.5. The van der Waals surface area contributed by atoms with Crippen LogP contribution >= 0.6 is 11.6 Å². The van der Waals surface area contributed by atoms with Gasteiger partial charge in [-0.15, -0.1) is 0 Å². The van der Waals surface area contributed by atoms with Crippen molar-refractivity contribution in [2.75, 3.05) is 4.90 Å². The molecule has 1 unspecified atom stereocenters. The lowest BCUT2D eigenvalue weighted by atomic mass is 9.68. The average molecular weight is 511 g/mol. The number of fused-ring (bicyclic) bond motifs is 1. The maximum atomic E-state index is 13.8. The van der Waals surface area contributed by atoms with Crippen LogP contribution in [0.2, 0.25) is 5.15 Å². The number of hydrogen-bond donors (Lipinski definition) is 1. The van der Waals surface area contributed by atoms with Crippen LogP contribution in [0.1, 0.15) is 61.0 Å². The highest BCUT2D eigenvalue weighted by atomic mass is 35.5. The number of anilines is 1. The Bertz CT molecular complexity index is 1590.